The van der Waals surface area contributed by atoms with Gasteiger partial charge in [0.15, 0.2) is 10.8 Å². The summed E-state index contributed by atoms with van der Waals surface area (Å²) in [4.78, 5) is 54.4. The first-order valence-corrected chi connectivity index (χ1v) is 14.6. The first-order chi connectivity index (χ1) is 19.9. The second-order valence-corrected chi connectivity index (χ2v) is 12.5. The monoisotopic (exact) mass is 618 g/mol. The molecule has 11 nitrogen and oxygen atoms in total. The number of hydrogen-bond acceptors (Lipinski definition) is 10. The fourth-order valence-electron chi connectivity index (χ4n) is 5.65. The standard InChI is InChI=1S/C28H32ClFN6O5S/c1-28(2,3)36-14-19-22(26(38)41-5)34(9-10-35(19)27(36)39)13-18-20(25(37)40-4)21(16-7-6-15(30)12-17(16)29)33-23(32-18)24-31-8-11-42-24/h6-8,11-12,19,21-22H,9-10,13-14H2,1-5H3,(H,32,33)/t19-,21+,22+/m1/s1. The molecule has 3 atom stereocenters. The van der Waals surface area contributed by atoms with Crippen molar-refractivity contribution in [2.24, 2.45) is 4.99 Å². The third-order valence-corrected chi connectivity index (χ3v) is 8.78. The first-order valence-electron chi connectivity index (χ1n) is 13.4. The van der Waals surface area contributed by atoms with Crippen molar-refractivity contribution in [3.8, 4) is 0 Å². The molecule has 1 aromatic carbocycles. The molecule has 5 rings (SSSR count). The van der Waals surface area contributed by atoms with E-state index in [4.69, 9.17) is 26.1 Å². The quantitative estimate of drug-likeness (QED) is 0.491. The number of carbonyl (C=O) groups excluding carboxylic acids is 3. The van der Waals surface area contributed by atoms with Crippen molar-refractivity contribution in [1.29, 1.82) is 0 Å². The Kier molecular flexibility index (Phi) is 8.28. The first kappa shape index (κ1) is 29.9. The smallest absolute Gasteiger partial charge is 0.338 e. The van der Waals surface area contributed by atoms with Gasteiger partial charge in [0.05, 0.1) is 25.8 Å². The van der Waals surface area contributed by atoms with Gasteiger partial charge in [-0.3, -0.25) is 14.7 Å². The summed E-state index contributed by atoms with van der Waals surface area (Å²) in [5, 5.41) is 5.71. The Labute approximate surface area is 251 Å². The predicted octanol–water partition coefficient (Wildman–Crippen LogP) is 3.22. The lowest BCUT2D eigenvalue weighted by Crippen LogP contribution is -2.62. The molecule has 4 heterocycles. The molecular formula is C28H32ClFN6O5S. The summed E-state index contributed by atoms with van der Waals surface area (Å²) >= 11 is 7.81. The number of esters is 2. The lowest BCUT2D eigenvalue weighted by molar-refractivity contribution is -0.150. The van der Waals surface area contributed by atoms with E-state index in [1.807, 2.05) is 25.7 Å². The van der Waals surface area contributed by atoms with Gasteiger partial charge in [-0.1, -0.05) is 17.7 Å². The highest BCUT2D eigenvalue weighted by molar-refractivity contribution is 7.11. The molecule has 0 saturated carbocycles. The minimum absolute atomic E-state index is 0.0951. The molecule has 2 amide bonds. The number of amidine groups is 1. The van der Waals surface area contributed by atoms with Crippen molar-refractivity contribution in [2.75, 3.05) is 40.4 Å². The van der Waals surface area contributed by atoms with Crippen LogP contribution >= 0.6 is 22.9 Å². The molecule has 1 N–H and O–H groups in total. The lowest BCUT2D eigenvalue weighted by Gasteiger charge is -2.43. The molecule has 2 fully saturated rings. The summed E-state index contributed by atoms with van der Waals surface area (Å²) in [6, 6.07) is 1.57. The molecule has 2 aromatic rings. The molecule has 0 aliphatic carbocycles. The Hall–Kier alpha value is -3.55. The van der Waals surface area contributed by atoms with Crippen molar-refractivity contribution in [1.82, 2.24) is 25.0 Å². The van der Waals surface area contributed by atoms with Gasteiger partial charge in [0.2, 0.25) is 0 Å². The highest BCUT2D eigenvalue weighted by Crippen LogP contribution is 2.38. The Morgan fingerprint density at radius 2 is 1.98 bits per heavy atom. The maximum atomic E-state index is 14.0. The second kappa shape index (κ2) is 11.6. The van der Waals surface area contributed by atoms with Gasteiger partial charge >= 0.3 is 18.0 Å². The normalized spacial score (nSPS) is 23.0. The van der Waals surface area contributed by atoms with Gasteiger partial charge in [0.1, 0.15) is 17.9 Å². The van der Waals surface area contributed by atoms with Crippen molar-refractivity contribution >= 4 is 46.7 Å². The van der Waals surface area contributed by atoms with Crippen molar-refractivity contribution < 1.29 is 28.2 Å². The Balaban J connectivity index is 1.58. The number of methoxy groups -OCH3 is 2. The number of hydrogen-bond donors (Lipinski definition) is 1. The molecule has 42 heavy (non-hydrogen) atoms. The van der Waals surface area contributed by atoms with Gasteiger partial charge < -0.3 is 24.6 Å². The molecule has 2 saturated heterocycles. The van der Waals surface area contributed by atoms with Gasteiger partial charge in [-0.25, -0.2) is 19.0 Å². The maximum Gasteiger partial charge on any atom is 0.338 e. The van der Waals surface area contributed by atoms with E-state index in [9.17, 15) is 18.8 Å². The highest BCUT2D eigenvalue weighted by atomic mass is 35.5. The van der Waals surface area contributed by atoms with Crippen LogP contribution in [0, 0.1) is 5.82 Å². The number of nitrogens with one attached hydrogen (secondary N) is 1. The molecule has 0 bridgehead atoms. The molecule has 3 aliphatic rings. The van der Waals surface area contributed by atoms with Crippen molar-refractivity contribution in [3.63, 3.8) is 0 Å². The van der Waals surface area contributed by atoms with Gasteiger partial charge in [-0.05, 0) is 32.9 Å². The average Bonchev–Trinajstić information content (AvgIpc) is 3.60. The van der Waals surface area contributed by atoms with Crippen LogP contribution in [0.25, 0.3) is 0 Å². The van der Waals surface area contributed by atoms with Crippen LogP contribution in [0.2, 0.25) is 5.02 Å². The molecule has 14 heteroatoms. The van der Waals surface area contributed by atoms with Crippen molar-refractivity contribution in [2.45, 2.75) is 44.4 Å². The van der Waals surface area contributed by atoms with Crippen LogP contribution in [-0.2, 0) is 19.1 Å². The third kappa shape index (κ3) is 5.48. The molecule has 0 unspecified atom stereocenters. The number of aliphatic imine (C=N–C) groups is 1. The van der Waals surface area contributed by atoms with Crippen LogP contribution in [0.3, 0.4) is 0 Å². The topological polar surface area (TPSA) is 117 Å². The summed E-state index contributed by atoms with van der Waals surface area (Å²) in [7, 11) is 2.58. The summed E-state index contributed by atoms with van der Waals surface area (Å²) < 4.78 is 24.4. The van der Waals surface area contributed by atoms with E-state index in [0.717, 1.165) is 6.07 Å². The summed E-state index contributed by atoms with van der Waals surface area (Å²) in [5.41, 5.74) is 0.553. The third-order valence-electron chi connectivity index (χ3n) is 7.67. The fraction of sp³-hybridized carbons (Fsp3) is 0.464. The van der Waals surface area contributed by atoms with Gasteiger partial charge in [-0.2, -0.15) is 0 Å². The zero-order valence-electron chi connectivity index (χ0n) is 23.9. The number of thiazole rings is 1. The number of piperazine rings is 1. The largest absolute Gasteiger partial charge is 0.468 e. The summed E-state index contributed by atoms with van der Waals surface area (Å²) in [6.07, 6.45) is 1.63. The number of urea groups is 1. The van der Waals surface area contributed by atoms with E-state index < -0.39 is 41.4 Å². The van der Waals surface area contributed by atoms with E-state index in [2.05, 4.69) is 10.3 Å². The van der Waals surface area contributed by atoms with E-state index in [-0.39, 0.29) is 23.2 Å². The SMILES string of the molecule is COC(=O)C1=C(CN2CCN3C(=O)N(C(C)(C)C)C[C@@H]3[C@H]2C(=O)OC)NC(c2nccs2)=N[C@H]1c1ccc(F)cc1Cl. The number of benzene rings is 1. The van der Waals surface area contributed by atoms with Gasteiger partial charge in [0.25, 0.3) is 0 Å². The van der Waals surface area contributed by atoms with Gasteiger partial charge in [-0.15, -0.1) is 11.3 Å². The molecule has 3 aliphatic heterocycles. The number of halogens is 2. The van der Waals surface area contributed by atoms with Crippen LogP contribution in [0.5, 0.6) is 0 Å². The fourth-order valence-corrected chi connectivity index (χ4v) is 6.51. The molecular weight excluding hydrogens is 587 g/mol. The van der Waals surface area contributed by atoms with Crippen LogP contribution < -0.4 is 5.32 Å². The Morgan fingerprint density at radius 1 is 1.21 bits per heavy atom. The maximum absolute atomic E-state index is 14.0. The van der Waals surface area contributed by atoms with E-state index in [1.165, 1.54) is 37.7 Å². The summed E-state index contributed by atoms with van der Waals surface area (Å²) in [6.45, 7) is 7.01. The van der Waals surface area contributed by atoms with E-state index in [1.54, 1.807) is 21.4 Å². The number of amides is 2. The van der Waals surface area contributed by atoms with Crippen LogP contribution in [0.15, 0.2) is 46.0 Å². The predicted molar refractivity (Wildman–Crippen MR) is 155 cm³/mol. The highest BCUT2D eigenvalue weighted by Gasteiger charge is 2.52. The number of fused-ring (bicyclic) bond motifs is 1. The Bertz CT molecular complexity index is 1460. The number of carbonyl (C=O) groups is 3. The summed E-state index contributed by atoms with van der Waals surface area (Å²) in [5.74, 6) is -1.29. The van der Waals surface area contributed by atoms with E-state index >= 15 is 0 Å². The number of nitrogens with zero attached hydrogens (tertiary/aromatic N) is 5. The van der Waals surface area contributed by atoms with Gasteiger partial charge in [0, 0.05) is 59.6 Å². The minimum atomic E-state index is -0.942. The molecule has 0 radical (unpaired) electrons. The number of rotatable bonds is 6. The zero-order chi connectivity index (χ0) is 30.3. The van der Waals surface area contributed by atoms with Crippen LogP contribution in [-0.4, -0.2) is 102 Å². The molecule has 224 valence electrons. The zero-order valence-corrected chi connectivity index (χ0v) is 25.5. The van der Waals surface area contributed by atoms with Crippen LogP contribution in [0.4, 0.5) is 9.18 Å². The van der Waals surface area contributed by atoms with E-state index in [0.29, 0.717) is 41.7 Å². The molecule has 1 aromatic heterocycles. The average molecular weight is 619 g/mol. The Morgan fingerprint density at radius 3 is 2.60 bits per heavy atom. The van der Waals surface area contributed by atoms with Crippen LogP contribution in [0.1, 0.15) is 37.4 Å². The second-order valence-electron chi connectivity index (χ2n) is 11.2. The van der Waals surface area contributed by atoms with Crippen molar-refractivity contribution in [3.05, 3.63) is 62.5 Å². The number of aromatic nitrogens is 1. The lowest BCUT2D eigenvalue weighted by atomic mass is 9.94. The molecule has 0 spiro atoms. The number of ether oxygens (including phenoxy) is 2. The minimum Gasteiger partial charge on any atom is -0.468 e.